The first kappa shape index (κ1) is 20.3. The third kappa shape index (κ3) is 4.01. The molecule has 0 aliphatic carbocycles. The number of carbonyl (C=O) groups is 1. The van der Waals surface area contributed by atoms with Gasteiger partial charge in [-0.05, 0) is 42.2 Å². The van der Waals surface area contributed by atoms with E-state index in [-0.39, 0.29) is 12.3 Å². The van der Waals surface area contributed by atoms with Gasteiger partial charge in [-0.25, -0.2) is 0 Å². The molecule has 0 amide bonds. The van der Waals surface area contributed by atoms with Gasteiger partial charge in [0, 0.05) is 35.3 Å². The minimum Gasteiger partial charge on any atom is -0.493 e. The normalized spacial score (nSPS) is 14.8. The number of hydrogen-bond acceptors (Lipinski definition) is 3. The van der Waals surface area contributed by atoms with Crippen LogP contribution in [0.15, 0.2) is 54.6 Å². The summed E-state index contributed by atoms with van der Waals surface area (Å²) in [5.74, 6) is -0.145. The van der Waals surface area contributed by atoms with Crippen molar-refractivity contribution < 1.29 is 14.6 Å². The predicted molar refractivity (Wildman–Crippen MR) is 121 cm³/mol. The van der Waals surface area contributed by atoms with Crippen molar-refractivity contribution in [1.82, 2.24) is 0 Å². The number of nitrogens with one attached hydrogen (secondary N) is 1. The predicted octanol–water partition coefficient (Wildman–Crippen LogP) is 6.19. The van der Waals surface area contributed by atoms with Gasteiger partial charge in [0.05, 0.1) is 18.1 Å². The van der Waals surface area contributed by atoms with Crippen LogP contribution in [0.3, 0.4) is 0 Å². The Morgan fingerprint density at radius 1 is 1.13 bits per heavy atom. The van der Waals surface area contributed by atoms with Gasteiger partial charge in [-0.1, -0.05) is 54.1 Å². The molecule has 5 heteroatoms. The smallest absolute Gasteiger partial charge is 0.304 e. The maximum Gasteiger partial charge on any atom is 0.304 e. The first-order valence-electron chi connectivity index (χ1n) is 10.0. The Morgan fingerprint density at radius 3 is 2.60 bits per heavy atom. The van der Waals surface area contributed by atoms with Crippen molar-refractivity contribution in [2.45, 2.75) is 32.7 Å². The van der Waals surface area contributed by atoms with Crippen LogP contribution in [-0.4, -0.2) is 17.7 Å². The van der Waals surface area contributed by atoms with Crippen LogP contribution in [0.25, 0.3) is 11.1 Å². The van der Waals surface area contributed by atoms with Crippen LogP contribution in [-0.2, 0) is 11.3 Å². The number of anilines is 1. The molecule has 0 aromatic heterocycles. The number of aryl methyl sites for hydroxylation is 2. The minimum absolute atomic E-state index is 0.0838. The van der Waals surface area contributed by atoms with Crippen LogP contribution in [0.2, 0.25) is 5.02 Å². The van der Waals surface area contributed by atoms with E-state index in [9.17, 15) is 4.79 Å². The molecule has 0 saturated heterocycles. The standard InChI is InChI=1S/C25H24ClNO3/c1-15-5-3-6-16(2)24(15)21-8-4-7-17(25(21)26)13-27-19-9-10-20-18(11-23(28)29)14-30-22(20)12-19/h3-10,12,18,27H,11,13-14H2,1-2H3,(H,28,29)/t18-/m1/s1. The molecule has 0 fully saturated rings. The maximum atomic E-state index is 11.0. The van der Waals surface area contributed by atoms with Crippen molar-refractivity contribution in [2.24, 2.45) is 0 Å². The largest absolute Gasteiger partial charge is 0.493 e. The van der Waals surface area contributed by atoms with E-state index in [1.54, 1.807) is 0 Å². The highest BCUT2D eigenvalue weighted by Crippen LogP contribution is 2.38. The molecular weight excluding hydrogens is 398 g/mol. The van der Waals surface area contributed by atoms with Gasteiger partial charge in [-0.2, -0.15) is 0 Å². The van der Waals surface area contributed by atoms with Crippen molar-refractivity contribution in [1.29, 1.82) is 0 Å². The molecule has 2 N–H and O–H groups in total. The summed E-state index contributed by atoms with van der Waals surface area (Å²) in [6, 6.07) is 18.2. The van der Waals surface area contributed by atoms with Gasteiger partial charge in [-0.3, -0.25) is 4.79 Å². The van der Waals surface area contributed by atoms with Gasteiger partial charge in [-0.15, -0.1) is 0 Å². The molecule has 4 rings (SSSR count). The Bertz CT molecular complexity index is 1090. The summed E-state index contributed by atoms with van der Waals surface area (Å²) in [5, 5.41) is 13.2. The molecule has 1 heterocycles. The fraction of sp³-hybridized carbons (Fsp3) is 0.240. The van der Waals surface area contributed by atoms with Gasteiger partial charge >= 0.3 is 5.97 Å². The van der Waals surface area contributed by atoms with Gasteiger partial charge in [0.15, 0.2) is 0 Å². The lowest BCUT2D eigenvalue weighted by Gasteiger charge is -2.15. The lowest BCUT2D eigenvalue weighted by molar-refractivity contribution is -0.137. The first-order valence-corrected chi connectivity index (χ1v) is 10.4. The maximum absolute atomic E-state index is 11.0. The van der Waals surface area contributed by atoms with E-state index >= 15 is 0 Å². The van der Waals surface area contributed by atoms with E-state index in [2.05, 4.69) is 43.4 Å². The van der Waals surface area contributed by atoms with E-state index in [1.807, 2.05) is 30.3 Å². The summed E-state index contributed by atoms with van der Waals surface area (Å²) in [6.45, 7) is 5.20. The average Bonchev–Trinajstić information content (AvgIpc) is 3.09. The Hall–Kier alpha value is -2.98. The van der Waals surface area contributed by atoms with E-state index in [0.29, 0.717) is 13.2 Å². The Morgan fingerprint density at radius 2 is 1.87 bits per heavy atom. The monoisotopic (exact) mass is 421 g/mol. The topological polar surface area (TPSA) is 58.6 Å². The highest BCUT2D eigenvalue weighted by atomic mass is 35.5. The van der Waals surface area contributed by atoms with Crippen LogP contribution in [0.5, 0.6) is 5.75 Å². The molecule has 0 saturated carbocycles. The van der Waals surface area contributed by atoms with Gasteiger partial charge in [0.2, 0.25) is 0 Å². The fourth-order valence-corrected chi connectivity index (χ4v) is 4.40. The second kappa shape index (κ2) is 8.41. The van der Waals surface area contributed by atoms with Crippen LogP contribution in [0.1, 0.15) is 34.6 Å². The number of fused-ring (bicyclic) bond motifs is 1. The van der Waals surface area contributed by atoms with Crippen LogP contribution in [0, 0.1) is 13.8 Å². The molecule has 0 radical (unpaired) electrons. The van der Waals surface area contributed by atoms with Crippen molar-refractivity contribution in [3.63, 3.8) is 0 Å². The zero-order valence-electron chi connectivity index (χ0n) is 17.0. The summed E-state index contributed by atoms with van der Waals surface area (Å²) in [6.07, 6.45) is 0.0838. The first-order chi connectivity index (χ1) is 14.4. The molecule has 0 bridgehead atoms. The second-order valence-corrected chi connectivity index (χ2v) is 8.14. The number of aliphatic carboxylic acids is 1. The lowest BCUT2D eigenvalue weighted by Crippen LogP contribution is -2.07. The van der Waals surface area contributed by atoms with Crippen LogP contribution >= 0.6 is 11.6 Å². The summed E-state index contributed by atoms with van der Waals surface area (Å²) in [5.41, 5.74) is 7.51. The number of halogens is 1. The minimum atomic E-state index is -0.808. The van der Waals surface area contributed by atoms with Crippen LogP contribution < -0.4 is 10.1 Å². The number of rotatable bonds is 6. The van der Waals surface area contributed by atoms with E-state index in [1.165, 1.54) is 16.7 Å². The van der Waals surface area contributed by atoms with E-state index in [0.717, 1.165) is 33.1 Å². The molecule has 0 spiro atoms. The third-order valence-electron chi connectivity index (χ3n) is 5.63. The molecular formula is C25H24ClNO3. The fourth-order valence-electron chi connectivity index (χ4n) is 4.11. The SMILES string of the molecule is Cc1cccc(C)c1-c1cccc(CNc2ccc3c(c2)OC[C@H]3CC(=O)O)c1Cl. The van der Waals surface area contributed by atoms with Gasteiger partial charge < -0.3 is 15.2 Å². The number of ether oxygens (including phenoxy) is 1. The molecule has 1 atom stereocenters. The number of carboxylic acids is 1. The third-order valence-corrected chi connectivity index (χ3v) is 6.07. The quantitative estimate of drug-likeness (QED) is 0.498. The summed E-state index contributed by atoms with van der Waals surface area (Å²) >= 11 is 6.79. The summed E-state index contributed by atoms with van der Waals surface area (Å²) in [4.78, 5) is 11.0. The van der Waals surface area contributed by atoms with E-state index < -0.39 is 5.97 Å². The zero-order valence-corrected chi connectivity index (χ0v) is 17.8. The van der Waals surface area contributed by atoms with Crippen LogP contribution in [0.4, 0.5) is 5.69 Å². The lowest BCUT2D eigenvalue weighted by atomic mass is 9.94. The molecule has 1 aliphatic rings. The molecule has 0 unspecified atom stereocenters. The summed E-state index contributed by atoms with van der Waals surface area (Å²) in [7, 11) is 0. The van der Waals surface area contributed by atoms with Crippen molar-refractivity contribution in [2.75, 3.05) is 11.9 Å². The Balaban J connectivity index is 1.54. The van der Waals surface area contributed by atoms with Crippen molar-refractivity contribution >= 4 is 23.3 Å². The summed E-state index contributed by atoms with van der Waals surface area (Å²) < 4.78 is 5.70. The van der Waals surface area contributed by atoms with Gasteiger partial charge in [0.1, 0.15) is 5.75 Å². The molecule has 30 heavy (non-hydrogen) atoms. The second-order valence-electron chi connectivity index (χ2n) is 7.76. The highest BCUT2D eigenvalue weighted by Gasteiger charge is 2.26. The van der Waals surface area contributed by atoms with Gasteiger partial charge in [0.25, 0.3) is 0 Å². The Labute approximate surface area is 181 Å². The highest BCUT2D eigenvalue weighted by molar-refractivity contribution is 6.34. The van der Waals surface area contributed by atoms with Crippen molar-refractivity contribution in [3.05, 3.63) is 81.9 Å². The molecule has 3 aromatic carbocycles. The Kier molecular flexibility index (Phi) is 5.69. The zero-order chi connectivity index (χ0) is 21.3. The van der Waals surface area contributed by atoms with Crippen molar-refractivity contribution in [3.8, 4) is 16.9 Å². The average molecular weight is 422 g/mol. The van der Waals surface area contributed by atoms with E-state index in [4.69, 9.17) is 21.4 Å². The molecule has 3 aromatic rings. The number of carboxylic acid groups (broad SMARTS) is 1. The molecule has 4 nitrogen and oxygen atoms in total. The molecule has 154 valence electrons. The number of benzene rings is 3. The number of hydrogen-bond donors (Lipinski definition) is 2. The molecule has 1 aliphatic heterocycles.